The Bertz CT molecular complexity index is 1210. The highest BCUT2D eigenvalue weighted by Gasteiger charge is 2.20. The molecule has 0 spiro atoms. The molecule has 3 aromatic carbocycles. The Balaban J connectivity index is 1.78. The number of methoxy groups -OCH3 is 1. The smallest absolute Gasteiger partial charge is 0.261 e. The molecule has 0 saturated heterocycles. The summed E-state index contributed by atoms with van der Waals surface area (Å²) in [4.78, 5) is 12.9. The molecule has 4 aromatic rings. The van der Waals surface area contributed by atoms with Gasteiger partial charge in [0.2, 0.25) is 0 Å². The summed E-state index contributed by atoms with van der Waals surface area (Å²) in [6, 6.07) is 17.3. The molecule has 28 heavy (non-hydrogen) atoms. The summed E-state index contributed by atoms with van der Waals surface area (Å²) in [6.45, 7) is 2.99. The number of hydrogen-bond acceptors (Lipinski definition) is 2. The molecule has 0 aliphatic heterocycles. The largest absolute Gasteiger partial charge is 0.494 e. The Morgan fingerprint density at radius 2 is 1.71 bits per heavy atom. The first-order valence-electron chi connectivity index (χ1n) is 8.89. The summed E-state index contributed by atoms with van der Waals surface area (Å²) < 4.78 is 7.54. The normalized spacial score (nSPS) is 11.1. The fraction of sp³-hybridized carbons (Fsp3) is 0.136. The van der Waals surface area contributed by atoms with Crippen LogP contribution in [-0.2, 0) is 6.54 Å². The van der Waals surface area contributed by atoms with Crippen LogP contribution in [0.4, 0.5) is 5.69 Å². The number of fused-ring (bicyclic) bond motifs is 3. The Morgan fingerprint density at radius 3 is 2.46 bits per heavy atom. The lowest BCUT2D eigenvalue weighted by atomic mass is 10.1. The first-order chi connectivity index (χ1) is 13.5. The highest BCUT2D eigenvalue weighted by molar-refractivity contribution is 6.37. The van der Waals surface area contributed by atoms with Crippen LogP contribution >= 0.6 is 23.2 Å². The Labute approximate surface area is 172 Å². The van der Waals surface area contributed by atoms with E-state index < -0.39 is 0 Å². The maximum absolute atomic E-state index is 12.9. The number of para-hydroxylation sites is 1. The van der Waals surface area contributed by atoms with E-state index in [0.717, 1.165) is 22.8 Å². The zero-order valence-electron chi connectivity index (χ0n) is 15.4. The number of halogens is 2. The summed E-state index contributed by atoms with van der Waals surface area (Å²) in [6.07, 6.45) is 0. The molecule has 1 amide bonds. The fourth-order valence-corrected chi connectivity index (χ4v) is 4.08. The van der Waals surface area contributed by atoms with Crippen LogP contribution in [-0.4, -0.2) is 17.6 Å². The van der Waals surface area contributed by atoms with Crippen molar-refractivity contribution in [3.63, 3.8) is 0 Å². The SMILES string of the molecule is CCn1c2ccccc2c2cc(NC(=O)c3c(Cl)ccc(Cl)c3OC)ccc21. The Kier molecular flexibility index (Phi) is 4.92. The van der Waals surface area contributed by atoms with Gasteiger partial charge in [0.1, 0.15) is 5.56 Å². The molecule has 0 bridgehead atoms. The molecule has 4 rings (SSSR count). The zero-order chi connectivity index (χ0) is 19.8. The fourth-order valence-electron chi connectivity index (χ4n) is 3.61. The highest BCUT2D eigenvalue weighted by atomic mass is 35.5. The van der Waals surface area contributed by atoms with Crippen molar-refractivity contribution in [2.24, 2.45) is 0 Å². The standard InChI is InChI=1S/C22H18Cl2N2O2/c1-3-26-18-7-5-4-6-14(18)15-12-13(8-11-19(15)26)25-22(27)20-16(23)9-10-17(24)21(20)28-2/h4-12H,3H2,1-2H3,(H,25,27). The number of rotatable bonds is 4. The second-order valence-electron chi connectivity index (χ2n) is 6.38. The van der Waals surface area contributed by atoms with Gasteiger partial charge in [-0.1, -0.05) is 41.4 Å². The monoisotopic (exact) mass is 412 g/mol. The number of benzene rings is 3. The summed E-state index contributed by atoms with van der Waals surface area (Å²) in [5.41, 5.74) is 3.19. The predicted octanol–water partition coefficient (Wildman–Crippen LogP) is 6.38. The molecule has 142 valence electrons. The molecule has 1 N–H and O–H groups in total. The van der Waals surface area contributed by atoms with Gasteiger partial charge in [-0.3, -0.25) is 4.79 Å². The second-order valence-corrected chi connectivity index (χ2v) is 7.20. The van der Waals surface area contributed by atoms with Gasteiger partial charge in [-0.25, -0.2) is 0 Å². The van der Waals surface area contributed by atoms with Crippen molar-refractivity contribution in [1.82, 2.24) is 4.57 Å². The van der Waals surface area contributed by atoms with Gasteiger partial charge < -0.3 is 14.6 Å². The minimum atomic E-state index is -0.372. The number of hydrogen-bond donors (Lipinski definition) is 1. The van der Waals surface area contributed by atoms with Crippen LogP contribution in [0.3, 0.4) is 0 Å². The number of anilines is 1. The first kappa shape index (κ1) is 18.7. The third kappa shape index (κ3) is 2.99. The molecule has 0 atom stereocenters. The molecule has 1 aromatic heterocycles. The molecule has 0 aliphatic carbocycles. The Morgan fingerprint density at radius 1 is 1.00 bits per heavy atom. The third-order valence-corrected chi connectivity index (χ3v) is 5.45. The lowest BCUT2D eigenvalue weighted by Gasteiger charge is -2.12. The minimum Gasteiger partial charge on any atom is -0.494 e. The number of carbonyl (C=O) groups is 1. The number of nitrogens with zero attached hydrogens (tertiary/aromatic N) is 1. The maximum atomic E-state index is 12.9. The topological polar surface area (TPSA) is 43.3 Å². The van der Waals surface area contributed by atoms with Crippen LogP contribution in [0.15, 0.2) is 54.6 Å². The van der Waals surface area contributed by atoms with E-state index in [1.807, 2.05) is 30.3 Å². The van der Waals surface area contributed by atoms with E-state index in [2.05, 4.69) is 28.9 Å². The van der Waals surface area contributed by atoms with Gasteiger partial charge in [0, 0.05) is 34.0 Å². The van der Waals surface area contributed by atoms with E-state index in [1.165, 1.54) is 12.6 Å². The van der Waals surface area contributed by atoms with Crippen molar-refractivity contribution < 1.29 is 9.53 Å². The number of amides is 1. The molecule has 0 saturated carbocycles. The molecular formula is C22H18Cl2N2O2. The van der Waals surface area contributed by atoms with Gasteiger partial charge >= 0.3 is 0 Å². The molecule has 0 radical (unpaired) electrons. The Hall–Kier alpha value is -2.69. The van der Waals surface area contributed by atoms with E-state index in [0.29, 0.717) is 10.7 Å². The average Bonchev–Trinajstić information content (AvgIpc) is 3.02. The molecule has 1 heterocycles. The van der Waals surface area contributed by atoms with Gasteiger partial charge in [0.15, 0.2) is 5.75 Å². The molecule has 6 heteroatoms. The van der Waals surface area contributed by atoms with Crippen LogP contribution in [0.25, 0.3) is 21.8 Å². The van der Waals surface area contributed by atoms with Crippen molar-refractivity contribution in [2.75, 3.05) is 12.4 Å². The van der Waals surface area contributed by atoms with Gasteiger partial charge in [0.25, 0.3) is 5.91 Å². The van der Waals surface area contributed by atoms with Gasteiger partial charge in [-0.15, -0.1) is 0 Å². The van der Waals surface area contributed by atoms with E-state index in [-0.39, 0.29) is 22.2 Å². The lowest BCUT2D eigenvalue weighted by Crippen LogP contribution is -2.14. The van der Waals surface area contributed by atoms with E-state index >= 15 is 0 Å². The highest BCUT2D eigenvalue weighted by Crippen LogP contribution is 2.35. The van der Waals surface area contributed by atoms with E-state index in [4.69, 9.17) is 27.9 Å². The lowest BCUT2D eigenvalue weighted by molar-refractivity contribution is 0.102. The molecule has 0 fully saturated rings. The summed E-state index contributed by atoms with van der Waals surface area (Å²) in [7, 11) is 1.46. The van der Waals surface area contributed by atoms with Crippen LogP contribution in [0, 0.1) is 0 Å². The van der Waals surface area contributed by atoms with Crippen molar-refractivity contribution in [3.05, 3.63) is 70.2 Å². The minimum absolute atomic E-state index is 0.216. The van der Waals surface area contributed by atoms with Crippen molar-refractivity contribution >= 4 is 56.6 Å². The molecule has 4 nitrogen and oxygen atoms in total. The maximum Gasteiger partial charge on any atom is 0.261 e. The summed E-state index contributed by atoms with van der Waals surface area (Å²) in [5.74, 6) is -0.113. The van der Waals surface area contributed by atoms with Gasteiger partial charge in [0.05, 0.1) is 17.2 Å². The number of aromatic nitrogens is 1. The summed E-state index contributed by atoms with van der Waals surface area (Å²) >= 11 is 12.4. The van der Waals surface area contributed by atoms with Crippen LogP contribution in [0.5, 0.6) is 5.75 Å². The quantitative estimate of drug-likeness (QED) is 0.422. The average molecular weight is 413 g/mol. The molecule has 0 aliphatic rings. The number of ether oxygens (including phenoxy) is 1. The van der Waals surface area contributed by atoms with Crippen LogP contribution in [0.1, 0.15) is 17.3 Å². The van der Waals surface area contributed by atoms with Gasteiger partial charge in [-0.2, -0.15) is 0 Å². The van der Waals surface area contributed by atoms with Crippen molar-refractivity contribution in [3.8, 4) is 5.75 Å². The molecular weight excluding hydrogens is 395 g/mol. The van der Waals surface area contributed by atoms with Crippen molar-refractivity contribution in [2.45, 2.75) is 13.5 Å². The third-order valence-electron chi connectivity index (χ3n) is 4.84. The van der Waals surface area contributed by atoms with E-state index in [9.17, 15) is 4.79 Å². The number of carbonyl (C=O) groups excluding carboxylic acids is 1. The number of aryl methyl sites for hydroxylation is 1. The first-order valence-corrected chi connectivity index (χ1v) is 9.65. The number of nitrogens with one attached hydrogen (secondary N) is 1. The van der Waals surface area contributed by atoms with Crippen LogP contribution < -0.4 is 10.1 Å². The predicted molar refractivity (Wildman–Crippen MR) is 116 cm³/mol. The van der Waals surface area contributed by atoms with E-state index in [1.54, 1.807) is 12.1 Å². The van der Waals surface area contributed by atoms with Crippen molar-refractivity contribution in [1.29, 1.82) is 0 Å². The van der Waals surface area contributed by atoms with Gasteiger partial charge in [-0.05, 0) is 43.3 Å². The second kappa shape index (κ2) is 7.38. The molecule has 0 unspecified atom stereocenters. The van der Waals surface area contributed by atoms with Crippen LogP contribution in [0.2, 0.25) is 10.0 Å². The summed E-state index contributed by atoms with van der Waals surface area (Å²) in [5, 5.41) is 5.76. The zero-order valence-corrected chi connectivity index (χ0v) is 16.9.